The number of likely N-dealkylation sites (tertiary alicyclic amines) is 1. The van der Waals surface area contributed by atoms with Gasteiger partial charge in [-0.2, -0.15) is 0 Å². The van der Waals surface area contributed by atoms with E-state index in [1.165, 1.54) is 47.1 Å². The zero-order chi connectivity index (χ0) is 29.5. The van der Waals surface area contributed by atoms with Crippen LogP contribution in [0.2, 0.25) is 10.0 Å². The van der Waals surface area contributed by atoms with E-state index in [4.69, 9.17) is 33.9 Å². The van der Waals surface area contributed by atoms with Crippen LogP contribution >= 0.6 is 23.2 Å². The summed E-state index contributed by atoms with van der Waals surface area (Å²) in [5, 5.41) is 1.45. The summed E-state index contributed by atoms with van der Waals surface area (Å²) >= 11 is 12.5. The molecule has 5 aromatic rings. The summed E-state index contributed by atoms with van der Waals surface area (Å²) in [4.78, 5) is 23.5. The minimum atomic E-state index is -0.443. The molecular formula is C35H33Cl2N5O. The number of piperidine rings is 1. The van der Waals surface area contributed by atoms with Crippen molar-refractivity contribution in [1.82, 2.24) is 19.4 Å². The van der Waals surface area contributed by atoms with Gasteiger partial charge in [0, 0.05) is 60.0 Å². The number of amides is 1. The predicted molar refractivity (Wildman–Crippen MR) is 172 cm³/mol. The van der Waals surface area contributed by atoms with Gasteiger partial charge in [-0.05, 0) is 90.4 Å². The minimum Gasteiger partial charge on any atom is -0.366 e. The lowest BCUT2D eigenvalue weighted by Crippen LogP contribution is -2.34. The first-order valence-electron chi connectivity index (χ1n) is 14.9. The van der Waals surface area contributed by atoms with Crippen molar-refractivity contribution in [1.29, 1.82) is 0 Å². The Hall–Kier alpha value is -3.71. The fourth-order valence-electron chi connectivity index (χ4n) is 6.51. The number of rotatable bonds is 8. The molecule has 2 N–H and O–H groups in total. The zero-order valence-electron chi connectivity index (χ0n) is 23.8. The molecule has 1 amide bonds. The number of nitrogens with zero attached hydrogens (tertiary/aromatic N) is 4. The van der Waals surface area contributed by atoms with Gasteiger partial charge in [0.05, 0.1) is 16.6 Å². The summed E-state index contributed by atoms with van der Waals surface area (Å²) in [6, 6.07) is 25.3. The van der Waals surface area contributed by atoms with Crippen molar-refractivity contribution in [2.24, 2.45) is 5.73 Å². The van der Waals surface area contributed by atoms with Crippen molar-refractivity contribution >= 4 is 40.1 Å². The van der Waals surface area contributed by atoms with E-state index >= 15 is 0 Å². The Morgan fingerprint density at radius 3 is 2.07 bits per heavy atom. The molecule has 6 nitrogen and oxygen atoms in total. The molecule has 1 saturated heterocycles. The molecule has 1 aliphatic heterocycles. The molecule has 43 heavy (non-hydrogen) atoms. The molecule has 3 heterocycles. The third-order valence-corrected chi connectivity index (χ3v) is 9.34. The SMILES string of the molecule is NC(=O)c1cncc(CN2CCC(n3c(C4CC4)nc4ccc(C(c5ccc(Cl)cc5)c5ccc(Cl)cc5)cc43)CC2)c1. The first kappa shape index (κ1) is 28.1. The number of aromatic nitrogens is 3. The molecule has 0 radical (unpaired) electrons. The second-order valence-corrected chi connectivity index (χ2v) is 12.7. The monoisotopic (exact) mass is 609 g/mol. The van der Waals surface area contributed by atoms with Crippen LogP contribution in [-0.4, -0.2) is 38.4 Å². The van der Waals surface area contributed by atoms with Crippen LogP contribution in [0.5, 0.6) is 0 Å². The first-order chi connectivity index (χ1) is 20.9. The second kappa shape index (κ2) is 11.8. The topological polar surface area (TPSA) is 77.0 Å². The molecule has 2 aliphatic rings. The number of imidazole rings is 1. The van der Waals surface area contributed by atoms with Crippen molar-refractivity contribution in [3.8, 4) is 0 Å². The number of carbonyl (C=O) groups is 1. The third-order valence-electron chi connectivity index (χ3n) is 8.83. The summed E-state index contributed by atoms with van der Waals surface area (Å²) in [6.07, 6.45) is 7.84. The number of primary amides is 1. The van der Waals surface area contributed by atoms with Gasteiger partial charge in [-0.1, -0.05) is 53.5 Å². The maximum atomic E-state index is 11.6. The van der Waals surface area contributed by atoms with Crippen molar-refractivity contribution in [3.63, 3.8) is 0 Å². The molecule has 0 unspecified atom stereocenters. The smallest absolute Gasteiger partial charge is 0.250 e. The van der Waals surface area contributed by atoms with Gasteiger partial charge in [-0.3, -0.25) is 14.7 Å². The van der Waals surface area contributed by atoms with Gasteiger partial charge in [-0.15, -0.1) is 0 Å². The van der Waals surface area contributed by atoms with Crippen molar-refractivity contribution in [3.05, 3.63) is 129 Å². The van der Waals surface area contributed by atoms with Gasteiger partial charge >= 0.3 is 0 Å². The van der Waals surface area contributed by atoms with Gasteiger partial charge in [0.1, 0.15) is 5.82 Å². The Morgan fingerprint density at radius 1 is 0.837 bits per heavy atom. The number of hydrogen-bond donors (Lipinski definition) is 1. The van der Waals surface area contributed by atoms with Crippen molar-refractivity contribution < 1.29 is 4.79 Å². The second-order valence-electron chi connectivity index (χ2n) is 11.9. The van der Waals surface area contributed by atoms with Crippen LogP contribution in [0.4, 0.5) is 0 Å². The molecular weight excluding hydrogens is 577 g/mol. The van der Waals surface area contributed by atoms with Crippen LogP contribution in [0, 0.1) is 0 Å². The normalized spacial score (nSPS) is 16.3. The van der Waals surface area contributed by atoms with Gasteiger partial charge in [0.25, 0.3) is 0 Å². The van der Waals surface area contributed by atoms with Crippen LogP contribution in [0.25, 0.3) is 11.0 Å². The van der Waals surface area contributed by atoms with E-state index in [-0.39, 0.29) is 5.92 Å². The Morgan fingerprint density at radius 2 is 1.47 bits per heavy atom. The van der Waals surface area contributed by atoms with E-state index in [2.05, 4.69) is 56.9 Å². The van der Waals surface area contributed by atoms with E-state index < -0.39 is 5.91 Å². The van der Waals surface area contributed by atoms with E-state index in [1.807, 2.05) is 36.5 Å². The van der Waals surface area contributed by atoms with E-state index in [0.29, 0.717) is 17.5 Å². The predicted octanol–water partition coefficient (Wildman–Crippen LogP) is 7.73. The van der Waals surface area contributed by atoms with Crippen LogP contribution in [-0.2, 0) is 6.54 Å². The van der Waals surface area contributed by atoms with Gasteiger partial charge in [0.2, 0.25) is 5.91 Å². The number of pyridine rings is 1. The van der Waals surface area contributed by atoms with Crippen LogP contribution in [0.3, 0.4) is 0 Å². The van der Waals surface area contributed by atoms with Gasteiger partial charge in [0.15, 0.2) is 0 Å². The Bertz CT molecular complexity index is 1730. The first-order valence-corrected chi connectivity index (χ1v) is 15.7. The summed E-state index contributed by atoms with van der Waals surface area (Å²) in [6.45, 7) is 2.69. The highest BCUT2D eigenvalue weighted by atomic mass is 35.5. The maximum Gasteiger partial charge on any atom is 0.250 e. The van der Waals surface area contributed by atoms with E-state index in [9.17, 15) is 4.79 Å². The average molecular weight is 611 g/mol. The number of fused-ring (bicyclic) bond motifs is 1. The number of hydrogen-bond acceptors (Lipinski definition) is 4. The summed E-state index contributed by atoms with van der Waals surface area (Å²) < 4.78 is 2.56. The van der Waals surface area contributed by atoms with Crippen LogP contribution in [0.1, 0.15) is 82.0 Å². The van der Waals surface area contributed by atoms with E-state index in [0.717, 1.165) is 53.6 Å². The molecule has 0 atom stereocenters. The maximum absolute atomic E-state index is 11.6. The number of halogens is 2. The summed E-state index contributed by atoms with van der Waals surface area (Å²) in [5.41, 5.74) is 12.8. The molecule has 2 fully saturated rings. The van der Waals surface area contributed by atoms with Crippen LogP contribution in [0.15, 0.2) is 85.2 Å². The summed E-state index contributed by atoms with van der Waals surface area (Å²) in [7, 11) is 0. The Kier molecular flexibility index (Phi) is 7.68. The van der Waals surface area contributed by atoms with Gasteiger partial charge < -0.3 is 10.3 Å². The lowest BCUT2D eigenvalue weighted by atomic mass is 9.85. The summed E-state index contributed by atoms with van der Waals surface area (Å²) in [5.74, 6) is 1.37. The largest absolute Gasteiger partial charge is 0.366 e. The lowest BCUT2D eigenvalue weighted by molar-refractivity contribution is 0.0999. The third kappa shape index (κ3) is 5.92. The fraction of sp³-hybridized carbons (Fsp3) is 0.286. The molecule has 8 heteroatoms. The number of nitrogens with two attached hydrogens (primary N) is 1. The molecule has 1 saturated carbocycles. The van der Waals surface area contributed by atoms with Crippen LogP contribution < -0.4 is 5.73 Å². The molecule has 0 bridgehead atoms. The van der Waals surface area contributed by atoms with Crippen molar-refractivity contribution in [2.45, 2.75) is 50.1 Å². The van der Waals surface area contributed by atoms with E-state index in [1.54, 1.807) is 0 Å². The molecule has 7 rings (SSSR count). The highest BCUT2D eigenvalue weighted by Gasteiger charge is 2.33. The highest BCUT2D eigenvalue weighted by Crippen LogP contribution is 2.44. The standard InChI is InChI=1S/C35H33Cl2N5O/c36-28-8-3-23(4-9-28)33(24-5-10-29(37)11-6-24)26-7-12-31-32(18-26)42(35(40-31)25-1-2-25)30-13-15-41(16-14-30)21-22-17-27(34(38)43)20-39-19-22/h3-12,17-20,25,30,33H,1-2,13-16,21H2,(H2,38,43). The Balaban J connectivity index is 1.21. The lowest BCUT2D eigenvalue weighted by Gasteiger charge is -2.33. The average Bonchev–Trinajstić information content (AvgIpc) is 3.80. The molecule has 0 spiro atoms. The number of carbonyl (C=O) groups excluding carboxylic acids is 1. The minimum absolute atomic E-state index is 0.0401. The fourth-order valence-corrected chi connectivity index (χ4v) is 6.76. The van der Waals surface area contributed by atoms with Crippen molar-refractivity contribution in [2.75, 3.05) is 13.1 Å². The molecule has 3 aromatic carbocycles. The zero-order valence-corrected chi connectivity index (χ0v) is 25.3. The van der Waals surface area contributed by atoms with Gasteiger partial charge in [-0.25, -0.2) is 4.98 Å². The molecule has 2 aromatic heterocycles. The molecule has 218 valence electrons. The Labute approximate surface area is 261 Å². The number of benzene rings is 3. The highest BCUT2D eigenvalue weighted by molar-refractivity contribution is 6.30. The molecule has 1 aliphatic carbocycles. The quantitative estimate of drug-likeness (QED) is 0.183.